The maximum Gasteiger partial charge on any atom is 0.119 e. The molecule has 0 aliphatic heterocycles. The fourth-order valence-corrected chi connectivity index (χ4v) is 1.42. The van der Waals surface area contributed by atoms with Crippen LogP contribution in [-0.2, 0) is 6.42 Å². The Hall–Kier alpha value is -1.22. The molecule has 0 heterocycles. The summed E-state index contributed by atoms with van der Waals surface area (Å²) in [4.78, 5) is 0. The van der Waals surface area contributed by atoms with Crippen LogP contribution in [0, 0.1) is 0 Å². The molecule has 0 unspecified atom stereocenters. The zero-order chi connectivity index (χ0) is 10.4. The molecular formula is C11H16O3. The summed E-state index contributed by atoms with van der Waals surface area (Å²) >= 11 is 0. The number of unbranched alkanes of at least 4 members (excludes halogenated alkanes) is 2. The van der Waals surface area contributed by atoms with E-state index in [4.69, 9.17) is 5.11 Å². The Morgan fingerprint density at radius 2 is 1.50 bits per heavy atom. The van der Waals surface area contributed by atoms with Crippen LogP contribution in [0.3, 0.4) is 0 Å². The van der Waals surface area contributed by atoms with E-state index in [0.717, 1.165) is 31.2 Å². The van der Waals surface area contributed by atoms with Gasteiger partial charge in [0.15, 0.2) is 0 Å². The van der Waals surface area contributed by atoms with E-state index in [1.165, 1.54) is 6.07 Å². The van der Waals surface area contributed by atoms with Gasteiger partial charge >= 0.3 is 0 Å². The zero-order valence-electron chi connectivity index (χ0n) is 8.11. The van der Waals surface area contributed by atoms with E-state index < -0.39 is 0 Å². The summed E-state index contributed by atoms with van der Waals surface area (Å²) < 4.78 is 0. The number of phenolic OH excluding ortho intramolecular Hbond substituents is 2. The molecule has 0 radical (unpaired) electrons. The molecule has 0 fully saturated rings. The highest BCUT2D eigenvalue weighted by Gasteiger charge is 1.98. The third kappa shape index (κ3) is 3.66. The van der Waals surface area contributed by atoms with Gasteiger partial charge in [-0.1, -0.05) is 6.42 Å². The van der Waals surface area contributed by atoms with Crippen LogP contribution in [0.15, 0.2) is 18.2 Å². The minimum absolute atomic E-state index is 0.0992. The van der Waals surface area contributed by atoms with Crippen molar-refractivity contribution in [2.45, 2.75) is 25.7 Å². The number of phenols is 2. The first-order valence-electron chi connectivity index (χ1n) is 4.85. The molecule has 1 rings (SSSR count). The van der Waals surface area contributed by atoms with Crippen LogP contribution in [0.2, 0.25) is 0 Å². The van der Waals surface area contributed by atoms with Gasteiger partial charge < -0.3 is 15.3 Å². The number of benzene rings is 1. The average Bonchev–Trinajstić information content (AvgIpc) is 2.11. The molecule has 0 saturated carbocycles. The van der Waals surface area contributed by atoms with Crippen LogP contribution < -0.4 is 0 Å². The van der Waals surface area contributed by atoms with Crippen LogP contribution in [-0.4, -0.2) is 21.9 Å². The Kier molecular flexibility index (Phi) is 4.26. The number of aryl methyl sites for hydroxylation is 1. The maximum absolute atomic E-state index is 9.20. The Morgan fingerprint density at radius 1 is 0.857 bits per heavy atom. The standard InChI is InChI=1S/C11H16O3/c12-5-3-1-2-4-9-6-10(13)8-11(14)7-9/h6-8,12-14H,1-5H2. The number of hydrogen-bond acceptors (Lipinski definition) is 3. The molecule has 0 aliphatic rings. The van der Waals surface area contributed by atoms with Gasteiger partial charge in [0, 0.05) is 12.7 Å². The van der Waals surface area contributed by atoms with E-state index >= 15 is 0 Å². The highest BCUT2D eigenvalue weighted by atomic mass is 16.3. The van der Waals surface area contributed by atoms with Gasteiger partial charge in [0.05, 0.1) is 0 Å². The molecule has 0 bridgehead atoms. The molecule has 1 aromatic rings. The maximum atomic E-state index is 9.20. The lowest BCUT2D eigenvalue weighted by Crippen LogP contribution is -1.88. The van der Waals surface area contributed by atoms with Crippen molar-refractivity contribution in [2.24, 2.45) is 0 Å². The Labute approximate surface area is 83.6 Å². The van der Waals surface area contributed by atoms with Crippen molar-refractivity contribution in [1.29, 1.82) is 0 Å². The van der Waals surface area contributed by atoms with Gasteiger partial charge in [0.2, 0.25) is 0 Å². The van der Waals surface area contributed by atoms with Gasteiger partial charge in [0.1, 0.15) is 11.5 Å². The summed E-state index contributed by atoms with van der Waals surface area (Å²) in [7, 11) is 0. The SMILES string of the molecule is OCCCCCc1cc(O)cc(O)c1. The average molecular weight is 196 g/mol. The molecule has 0 atom stereocenters. The zero-order valence-corrected chi connectivity index (χ0v) is 8.11. The van der Waals surface area contributed by atoms with Crippen LogP contribution in [0.25, 0.3) is 0 Å². The van der Waals surface area contributed by atoms with E-state index in [0.29, 0.717) is 0 Å². The second kappa shape index (κ2) is 5.50. The third-order valence-electron chi connectivity index (χ3n) is 2.09. The Bertz CT molecular complexity index is 264. The van der Waals surface area contributed by atoms with E-state index in [-0.39, 0.29) is 18.1 Å². The molecule has 78 valence electrons. The normalized spacial score (nSPS) is 10.4. The van der Waals surface area contributed by atoms with Crippen LogP contribution in [0.1, 0.15) is 24.8 Å². The predicted molar refractivity (Wildman–Crippen MR) is 54.4 cm³/mol. The molecule has 1 aromatic carbocycles. The first-order chi connectivity index (χ1) is 6.72. The molecule has 0 spiro atoms. The minimum atomic E-state index is 0.0992. The predicted octanol–water partition coefficient (Wildman–Crippen LogP) is 1.80. The number of aliphatic hydroxyl groups excluding tert-OH is 1. The molecule has 0 amide bonds. The van der Waals surface area contributed by atoms with Gasteiger partial charge in [-0.3, -0.25) is 0 Å². The van der Waals surface area contributed by atoms with Gasteiger partial charge in [-0.15, -0.1) is 0 Å². The van der Waals surface area contributed by atoms with Gasteiger partial charge in [-0.25, -0.2) is 0 Å². The topological polar surface area (TPSA) is 60.7 Å². The molecule has 3 N–H and O–H groups in total. The van der Waals surface area contributed by atoms with Gasteiger partial charge in [-0.2, -0.15) is 0 Å². The summed E-state index contributed by atoms with van der Waals surface area (Å²) in [6.45, 7) is 0.227. The summed E-state index contributed by atoms with van der Waals surface area (Å²) in [5.41, 5.74) is 0.931. The van der Waals surface area contributed by atoms with Gasteiger partial charge in [-0.05, 0) is 37.0 Å². The first-order valence-corrected chi connectivity index (χ1v) is 4.85. The fourth-order valence-electron chi connectivity index (χ4n) is 1.42. The van der Waals surface area contributed by atoms with Crippen molar-refractivity contribution in [1.82, 2.24) is 0 Å². The lowest BCUT2D eigenvalue weighted by molar-refractivity contribution is 0.283. The molecule has 3 nitrogen and oxygen atoms in total. The van der Waals surface area contributed by atoms with Crippen molar-refractivity contribution >= 4 is 0 Å². The van der Waals surface area contributed by atoms with E-state index in [9.17, 15) is 10.2 Å². The molecule has 14 heavy (non-hydrogen) atoms. The van der Waals surface area contributed by atoms with Crippen molar-refractivity contribution in [3.8, 4) is 11.5 Å². The van der Waals surface area contributed by atoms with Crippen LogP contribution in [0.5, 0.6) is 11.5 Å². The number of aromatic hydroxyl groups is 2. The fraction of sp³-hybridized carbons (Fsp3) is 0.455. The Morgan fingerprint density at radius 3 is 2.07 bits per heavy atom. The number of hydrogen-bond donors (Lipinski definition) is 3. The summed E-state index contributed by atoms with van der Waals surface area (Å²) in [6, 6.07) is 4.62. The quantitative estimate of drug-likeness (QED) is 0.629. The van der Waals surface area contributed by atoms with Crippen LogP contribution in [0.4, 0.5) is 0 Å². The van der Waals surface area contributed by atoms with Crippen LogP contribution >= 0.6 is 0 Å². The lowest BCUT2D eigenvalue weighted by atomic mass is 10.1. The highest BCUT2D eigenvalue weighted by Crippen LogP contribution is 2.21. The second-order valence-corrected chi connectivity index (χ2v) is 3.39. The van der Waals surface area contributed by atoms with Gasteiger partial charge in [0.25, 0.3) is 0 Å². The summed E-state index contributed by atoms with van der Waals surface area (Å²) in [5, 5.41) is 27.0. The van der Waals surface area contributed by atoms with E-state index in [1.807, 2.05) is 0 Å². The van der Waals surface area contributed by atoms with Crippen molar-refractivity contribution in [3.05, 3.63) is 23.8 Å². The van der Waals surface area contributed by atoms with E-state index in [2.05, 4.69) is 0 Å². The van der Waals surface area contributed by atoms with E-state index in [1.54, 1.807) is 12.1 Å². The largest absolute Gasteiger partial charge is 0.508 e. The summed E-state index contributed by atoms with van der Waals surface area (Å²) in [5.74, 6) is 0.198. The molecule has 0 aliphatic carbocycles. The highest BCUT2D eigenvalue weighted by molar-refractivity contribution is 5.36. The molecular weight excluding hydrogens is 180 g/mol. The monoisotopic (exact) mass is 196 g/mol. The number of rotatable bonds is 5. The van der Waals surface area contributed by atoms with Crippen molar-refractivity contribution < 1.29 is 15.3 Å². The van der Waals surface area contributed by atoms with Crippen molar-refractivity contribution in [2.75, 3.05) is 6.61 Å². The first kappa shape index (κ1) is 10.9. The molecule has 0 saturated heterocycles. The van der Waals surface area contributed by atoms with Crippen molar-refractivity contribution in [3.63, 3.8) is 0 Å². The smallest absolute Gasteiger partial charge is 0.119 e. The second-order valence-electron chi connectivity index (χ2n) is 3.39. The minimum Gasteiger partial charge on any atom is -0.508 e. The molecule has 0 aromatic heterocycles. The Balaban J connectivity index is 2.42. The molecule has 3 heteroatoms. The third-order valence-corrected chi connectivity index (χ3v) is 2.09. The number of aliphatic hydroxyl groups is 1. The summed E-state index contributed by atoms with van der Waals surface area (Å²) in [6.07, 6.45) is 3.56. The lowest BCUT2D eigenvalue weighted by Gasteiger charge is -2.02.